The molecule has 0 fully saturated rings. The molecule has 0 aliphatic heterocycles. The van der Waals surface area contributed by atoms with E-state index in [2.05, 4.69) is 0 Å². The molecule has 0 heterocycles. The third-order valence-corrected chi connectivity index (χ3v) is 3.20. The highest BCUT2D eigenvalue weighted by Gasteiger charge is 2.29. The number of alkyl halides is 1. The fourth-order valence-electron chi connectivity index (χ4n) is 1.79. The van der Waals surface area contributed by atoms with Gasteiger partial charge in [-0.2, -0.15) is 0 Å². The van der Waals surface area contributed by atoms with Crippen molar-refractivity contribution in [2.24, 2.45) is 0 Å². The summed E-state index contributed by atoms with van der Waals surface area (Å²) in [5, 5.41) is 0. The molecule has 0 saturated heterocycles. The van der Waals surface area contributed by atoms with Crippen LogP contribution in [0.1, 0.15) is 12.0 Å². The van der Waals surface area contributed by atoms with E-state index in [0.29, 0.717) is 17.7 Å². The molecular formula is C13H12ClNO. The molecule has 1 aromatic rings. The highest BCUT2D eigenvalue weighted by molar-refractivity contribution is 6.26. The molecule has 0 aromatic heterocycles. The highest BCUT2D eigenvalue weighted by Crippen LogP contribution is 2.40. The number of nitrogens with two attached hydrogens (primary N) is 1. The van der Waals surface area contributed by atoms with Crippen LogP contribution in [0.2, 0.25) is 0 Å². The lowest BCUT2D eigenvalue weighted by Crippen LogP contribution is -2.19. The molecule has 0 saturated carbocycles. The average molecular weight is 234 g/mol. The van der Waals surface area contributed by atoms with Gasteiger partial charge in [-0.15, -0.1) is 11.6 Å². The van der Waals surface area contributed by atoms with Crippen molar-refractivity contribution >= 4 is 23.6 Å². The largest absolute Gasteiger partial charge is 0.398 e. The van der Waals surface area contributed by atoms with E-state index in [9.17, 15) is 4.79 Å². The zero-order valence-corrected chi connectivity index (χ0v) is 9.45. The Morgan fingerprint density at radius 1 is 1.38 bits per heavy atom. The summed E-state index contributed by atoms with van der Waals surface area (Å²) in [6, 6.07) is 7.51. The predicted octanol–water partition coefficient (Wildman–Crippen LogP) is 2.79. The van der Waals surface area contributed by atoms with Crippen LogP contribution in [0.5, 0.6) is 0 Å². The van der Waals surface area contributed by atoms with Crippen LogP contribution < -0.4 is 5.73 Å². The van der Waals surface area contributed by atoms with E-state index in [1.165, 1.54) is 0 Å². The summed E-state index contributed by atoms with van der Waals surface area (Å²) in [7, 11) is 0. The minimum absolute atomic E-state index is 0.577. The molecule has 2 nitrogen and oxygen atoms in total. The van der Waals surface area contributed by atoms with Crippen molar-refractivity contribution in [3.63, 3.8) is 0 Å². The molecule has 0 amide bonds. The van der Waals surface area contributed by atoms with E-state index in [4.69, 9.17) is 17.3 Å². The summed E-state index contributed by atoms with van der Waals surface area (Å²) in [6.45, 7) is 0. The van der Waals surface area contributed by atoms with E-state index >= 15 is 0 Å². The van der Waals surface area contributed by atoms with E-state index in [1.54, 1.807) is 6.08 Å². The van der Waals surface area contributed by atoms with Crippen LogP contribution in [0.25, 0.3) is 0 Å². The summed E-state index contributed by atoms with van der Waals surface area (Å²) in [6.07, 6.45) is 6.78. The van der Waals surface area contributed by atoms with Gasteiger partial charge in [-0.25, -0.2) is 0 Å². The molecule has 2 rings (SSSR count). The summed E-state index contributed by atoms with van der Waals surface area (Å²) < 4.78 is 0. The minimum atomic E-state index is -0.627. The number of hydrogen-bond acceptors (Lipinski definition) is 2. The van der Waals surface area contributed by atoms with Gasteiger partial charge in [0.15, 0.2) is 0 Å². The first-order chi connectivity index (χ1) is 7.65. The van der Waals surface area contributed by atoms with Crippen molar-refractivity contribution in [2.75, 3.05) is 5.73 Å². The van der Waals surface area contributed by atoms with Gasteiger partial charge >= 0.3 is 0 Å². The first-order valence-corrected chi connectivity index (χ1v) is 5.42. The van der Waals surface area contributed by atoms with Gasteiger partial charge in [0.25, 0.3) is 0 Å². The smallest absolute Gasteiger partial charge is 0.149 e. The number of rotatable bonds is 2. The molecule has 0 spiro atoms. The van der Waals surface area contributed by atoms with Gasteiger partial charge in [-0.3, -0.25) is 4.79 Å². The lowest BCUT2D eigenvalue weighted by atomic mass is 9.88. The molecule has 16 heavy (non-hydrogen) atoms. The molecule has 1 aromatic carbocycles. The standard InChI is InChI=1S/C13H12ClNO/c14-13(7-5-10(9-16)6-8-13)11-3-1-2-4-12(11)15/h1-7,9H,8,15H2. The van der Waals surface area contributed by atoms with Crippen LogP contribution in [-0.2, 0) is 9.67 Å². The van der Waals surface area contributed by atoms with Gasteiger partial charge in [0.05, 0.1) is 4.87 Å². The third-order valence-electron chi connectivity index (χ3n) is 2.72. The number of halogens is 1. The summed E-state index contributed by atoms with van der Waals surface area (Å²) in [5.74, 6) is 0. The van der Waals surface area contributed by atoms with Crippen molar-refractivity contribution < 1.29 is 4.79 Å². The Hall–Kier alpha value is -1.54. The number of anilines is 1. The Morgan fingerprint density at radius 2 is 2.12 bits per heavy atom. The number of carbonyl (C=O) groups is 1. The topological polar surface area (TPSA) is 43.1 Å². The maximum Gasteiger partial charge on any atom is 0.149 e. The molecule has 3 heteroatoms. The predicted molar refractivity (Wildman–Crippen MR) is 66.3 cm³/mol. The second kappa shape index (κ2) is 4.14. The van der Waals surface area contributed by atoms with Gasteiger partial charge < -0.3 is 5.73 Å². The van der Waals surface area contributed by atoms with E-state index in [1.807, 2.05) is 36.4 Å². The maximum atomic E-state index is 10.6. The normalized spacial score (nSPS) is 23.9. The molecular weight excluding hydrogens is 222 g/mol. The monoisotopic (exact) mass is 233 g/mol. The molecule has 1 aliphatic carbocycles. The Kier molecular flexibility index (Phi) is 2.84. The first-order valence-electron chi connectivity index (χ1n) is 5.04. The van der Waals surface area contributed by atoms with E-state index in [-0.39, 0.29) is 0 Å². The fraction of sp³-hybridized carbons (Fsp3) is 0.154. The second-order valence-corrected chi connectivity index (χ2v) is 4.48. The first kappa shape index (κ1) is 11.0. The maximum absolute atomic E-state index is 10.6. The summed E-state index contributed by atoms with van der Waals surface area (Å²) in [4.78, 5) is 9.96. The third kappa shape index (κ3) is 1.89. The summed E-state index contributed by atoms with van der Waals surface area (Å²) >= 11 is 6.50. The minimum Gasteiger partial charge on any atom is -0.398 e. The van der Waals surface area contributed by atoms with Crippen molar-refractivity contribution in [1.29, 1.82) is 0 Å². The lowest BCUT2D eigenvalue weighted by molar-refractivity contribution is -0.104. The Morgan fingerprint density at radius 3 is 2.69 bits per heavy atom. The molecule has 0 bridgehead atoms. The summed E-state index contributed by atoms with van der Waals surface area (Å²) in [5.41, 5.74) is 8.11. The van der Waals surface area contributed by atoms with Crippen LogP contribution in [0.4, 0.5) is 5.69 Å². The Bertz CT molecular complexity index is 479. The van der Waals surface area contributed by atoms with Gasteiger partial charge in [0.1, 0.15) is 6.29 Å². The average Bonchev–Trinajstić information content (AvgIpc) is 2.30. The van der Waals surface area contributed by atoms with Gasteiger partial charge in [-0.1, -0.05) is 36.4 Å². The van der Waals surface area contributed by atoms with E-state index in [0.717, 1.165) is 11.8 Å². The highest BCUT2D eigenvalue weighted by atomic mass is 35.5. The zero-order chi connectivity index (χ0) is 11.6. The quantitative estimate of drug-likeness (QED) is 0.485. The van der Waals surface area contributed by atoms with Crippen molar-refractivity contribution in [1.82, 2.24) is 0 Å². The van der Waals surface area contributed by atoms with Crippen molar-refractivity contribution in [2.45, 2.75) is 11.3 Å². The molecule has 2 N–H and O–H groups in total. The number of hydrogen-bond donors (Lipinski definition) is 1. The molecule has 0 radical (unpaired) electrons. The van der Waals surface area contributed by atoms with E-state index < -0.39 is 4.87 Å². The number of nitrogen functional groups attached to an aromatic ring is 1. The van der Waals surface area contributed by atoms with Crippen LogP contribution in [-0.4, -0.2) is 6.29 Å². The number of para-hydroxylation sites is 1. The molecule has 1 unspecified atom stereocenters. The number of allylic oxidation sites excluding steroid dienone is 4. The number of carbonyl (C=O) groups excluding carboxylic acids is 1. The van der Waals surface area contributed by atoms with Crippen LogP contribution in [0.15, 0.2) is 48.1 Å². The molecule has 1 atom stereocenters. The second-order valence-electron chi connectivity index (χ2n) is 3.81. The number of aldehydes is 1. The molecule has 82 valence electrons. The lowest BCUT2D eigenvalue weighted by Gasteiger charge is -2.26. The number of benzene rings is 1. The van der Waals surface area contributed by atoms with Crippen LogP contribution in [0, 0.1) is 0 Å². The Labute approximate surface area is 99.4 Å². The van der Waals surface area contributed by atoms with Crippen LogP contribution in [0.3, 0.4) is 0 Å². The zero-order valence-electron chi connectivity index (χ0n) is 8.69. The molecule has 1 aliphatic rings. The van der Waals surface area contributed by atoms with Crippen LogP contribution >= 0.6 is 11.6 Å². The SMILES string of the molecule is Nc1ccccc1C1(Cl)C=CC(C=O)=CC1. The van der Waals surface area contributed by atoms with Gasteiger partial charge in [0.2, 0.25) is 0 Å². The van der Waals surface area contributed by atoms with Crippen molar-refractivity contribution in [3.8, 4) is 0 Å². The van der Waals surface area contributed by atoms with Crippen molar-refractivity contribution in [3.05, 3.63) is 53.6 Å². The van der Waals surface area contributed by atoms with Gasteiger partial charge in [-0.05, 0) is 12.5 Å². The van der Waals surface area contributed by atoms with Gasteiger partial charge in [0, 0.05) is 16.8 Å². The fourth-order valence-corrected chi connectivity index (χ4v) is 2.11. The Balaban J connectivity index is 2.37.